The first-order chi connectivity index (χ1) is 8.54. The molecule has 0 bridgehead atoms. The summed E-state index contributed by atoms with van der Waals surface area (Å²) in [7, 11) is 0. The molecule has 0 aliphatic heterocycles. The summed E-state index contributed by atoms with van der Waals surface area (Å²) in [5, 5.41) is 4.61. The summed E-state index contributed by atoms with van der Waals surface area (Å²) in [5.41, 5.74) is 11.8. The Balaban J connectivity index is 2.43. The van der Waals surface area contributed by atoms with Crippen molar-refractivity contribution in [1.29, 1.82) is 0 Å². The van der Waals surface area contributed by atoms with Crippen molar-refractivity contribution in [1.82, 2.24) is 9.78 Å². The average Bonchev–Trinajstić information content (AvgIpc) is 2.64. The molecule has 0 aliphatic carbocycles. The van der Waals surface area contributed by atoms with E-state index in [0.29, 0.717) is 0 Å². The Morgan fingerprint density at radius 3 is 2.28 bits per heavy atom. The van der Waals surface area contributed by atoms with E-state index in [4.69, 9.17) is 5.73 Å². The van der Waals surface area contributed by atoms with Crippen molar-refractivity contribution in [2.24, 2.45) is 5.73 Å². The second-order valence-corrected chi connectivity index (χ2v) is 4.79. The topological polar surface area (TPSA) is 43.8 Å². The van der Waals surface area contributed by atoms with Crippen molar-refractivity contribution in [3.05, 3.63) is 46.8 Å². The fourth-order valence-electron chi connectivity index (χ4n) is 2.36. The van der Waals surface area contributed by atoms with Gasteiger partial charge in [0.2, 0.25) is 0 Å². The van der Waals surface area contributed by atoms with Crippen molar-refractivity contribution in [2.75, 3.05) is 0 Å². The number of rotatable bonds is 3. The third-order valence-corrected chi connectivity index (χ3v) is 3.46. The van der Waals surface area contributed by atoms with Gasteiger partial charge in [-0.3, -0.25) is 0 Å². The van der Waals surface area contributed by atoms with Gasteiger partial charge in [-0.2, -0.15) is 5.10 Å². The molecule has 1 atom stereocenters. The summed E-state index contributed by atoms with van der Waals surface area (Å²) in [5.74, 6) is 0. The number of hydrogen-bond acceptors (Lipinski definition) is 2. The third kappa shape index (κ3) is 2.18. The van der Waals surface area contributed by atoms with Crippen molar-refractivity contribution < 1.29 is 0 Å². The Hall–Kier alpha value is -1.61. The maximum absolute atomic E-state index is 5.86. The first-order valence-electron chi connectivity index (χ1n) is 6.45. The smallest absolute Gasteiger partial charge is 0.0649 e. The number of nitrogens with zero attached hydrogens (tertiary/aromatic N) is 2. The zero-order valence-electron chi connectivity index (χ0n) is 11.6. The summed E-state index contributed by atoms with van der Waals surface area (Å²) in [6.07, 6.45) is 1.02. The first kappa shape index (κ1) is 12.8. The second kappa shape index (κ2) is 4.94. The zero-order valence-corrected chi connectivity index (χ0v) is 11.6. The number of nitrogens with two attached hydrogens (primary N) is 1. The van der Waals surface area contributed by atoms with E-state index >= 15 is 0 Å². The van der Waals surface area contributed by atoms with Gasteiger partial charge in [-0.15, -0.1) is 0 Å². The highest BCUT2D eigenvalue weighted by Crippen LogP contribution is 2.19. The van der Waals surface area contributed by atoms with Gasteiger partial charge in [-0.1, -0.05) is 19.1 Å². The number of benzene rings is 1. The minimum Gasteiger partial charge on any atom is -0.324 e. The highest BCUT2D eigenvalue weighted by atomic mass is 15.3. The zero-order chi connectivity index (χ0) is 13.3. The van der Waals surface area contributed by atoms with Crippen molar-refractivity contribution in [2.45, 2.75) is 40.2 Å². The molecule has 0 aliphatic rings. The molecule has 0 radical (unpaired) electrons. The van der Waals surface area contributed by atoms with Crippen LogP contribution in [0.15, 0.2) is 24.3 Å². The van der Waals surface area contributed by atoms with E-state index < -0.39 is 0 Å². The van der Waals surface area contributed by atoms with Gasteiger partial charge in [0.25, 0.3) is 0 Å². The van der Waals surface area contributed by atoms with Crippen molar-refractivity contribution >= 4 is 0 Å². The molecule has 0 saturated heterocycles. The van der Waals surface area contributed by atoms with Gasteiger partial charge in [0.15, 0.2) is 0 Å². The van der Waals surface area contributed by atoms with Gasteiger partial charge in [0.05, 0.1) is 11.4 Å². The molecule has 1 heterocycles. The molecule has 0 spiro atoms. The lowest BCUT2D eigenvalue weighted by atomic mass is 10.1. The predicted molar refractivity (Wildman–Crippen MR) is 75.0 cm³/mol. The van der Waals surface area contributed by atoms with Crippen LogP contribution in [0.4, 0.5) is 0 Å². The largest absolute Gasteiger partial charge is 0.324 e. The molecule has 1 aromatic heterocycles. The molecule has 96 valence electrons. The summed E-state index contributed by atoms with van der Waals surface area (Å²) in [4.78, 5) is 0. The van der Waals surface area contributed by atoms with Crippen LogP contribution in [-0.2, 0) is 6.42 Å². The summed E-state index contributed by atoms with van der Waals surface area (Å²) < 4.78 is 2.01. The summed E-state index contributed by atoms with van der Waals surface area (Å²) >= 11 is 0. The Morgan fingerprint density at radius 1 is 1.22 bits per heavy atom. The lowest BCUT2D eigenvalue weighted by molar-refractivity contribution is 0.808. The maximum atomic E-state index is 5.86. The molecule has 0 fully saturated rings. The fourth-order valence-corrected chi connectivity index (χ4v) is 2.36. The normalized spacial score (nSPS) is 12.7. The van der Waals surface area contributed by atoms with Crippen LogP contribution in [-0.4, -0.2) is 9.78 Å². The third-order valence-electron chi connectivity index (χ3n) is 3.46. The Labute approximate surface area is 109 Å². The van der Waals surface area contributed by atoms with Gasteiger partial charge < -0.3 is 5.73 Å². The van der Waals surface area contributed by atoms with Crippen LogP contribution in [0.3, 0.4) is 0 Å². The van der Waals surface area contributed by atoms with Crippen LogP contribution >= 0.6 is 0 Å². The minimum absolute atomic E-state index is 0.0747. The van der Waals surface area contributed by atoms with Crippen LogP contribution in [0.2, 0.25) is 0 Å². The highest BCUT2D eigenvalue weighted by Gasteiger charge is 2.11. The second-order valence-electron chi connectivity index (χ2n) is 4.79. The number of hydrogen-bond donors (Lipinski definition) is 1. The van der Waals surface area contributed by atoms with E-state index in [1.165, 1.54) is 11.3 Å². The maximum Gasteiger partial charge on any atom is 0.0649 e. The molecular formula is C15H21N3. The van der Waals surface area contributed by atoms with E-state index in [2.05, 4.69) is 50.1 Å². The van der Waals surface area contributed by atoms with E-state index in [0.717, 1.165) is 23.4 Å². The quantitative estimate of drug-likeness (QED) is 0.900. The lowest BCUT2D eigenvalue weighted by Gasteiger charge is -2.08. The van der Waals surface area contributed by atoms with Crippen LogP contribution in [0, 0.1) is 13.8 Å². The van der Waals surface area contributed by atoms with Gasteiger partial charge in [0, 0.05) is 11.7 Å². The number of aromatic nitrogens is 2. The van der Waals surface area contributed by atoms with Crippen LogP contribution in [0.5, 0.6) is 0 Å². The molecule has 2 aromatic rings. The van der Waals surface area contributed by atoms with Gasteiger partial charge in [-0.05, 0) is 50.5 Å². The van der Waals surface area contributed by atoms with E-state index in [1.54, 1.807) is 0 Å². The number of aryl methyl sites for hydroxylation is 1. The van der Waals surface area contributed by atoms with Crippen molar-refractivity contribution in [3.63, 3.8) is 0 Å². The van der Waals surface area contributed by atoms with E-state index in [1.807, 2.05) is 11.6 Å². The Morgan fingerprint density at radius 2 is 1.83 bits per heavy atom. The minimum atomic E-state index is 0.0747. The predicted octanol–water partition coefficient (Wildman–Crippen LogP) is 3.07. The van der Waals surface area contributed by atoms with Crippen LogP contribution in [0.25, 0.3) is 5.69 Å². The molecule has 3 heteroatoms. The first-order valence-corrected chi connectivity index (χ1v) is 6.45. The van der Waals surface area contributed by atoms with E-state index in [9.17, 15) is 0 Å². The molecule has 18 heavy (non-hydrogen) atoms. The van der Waals surface area contributed by atoms with Crippen molar-refractivity contribution in [3.8, 4) is 5.69 Å². The van der Waals surface area contributed by atoms with Crippen LogP contribution in [0.1, 0.15) is 42.4 Å². The van der Waals surface area contributed by atoms with Gasteiger partial charge >= 0.3 is 0 Å². The molecule has 3 nitrogen and oxygen atoms in total. The Bertz CT molecular complexity index is 536. The molecule has 0 amide bonds. The monoisotopic (exact) mass is 243 g/mol. The molecule has 2 N–H and O–H groups in total. The standard InChI is InChI=1S/C15H21N3/c1-5-15-11(3)17-18(12(15)4)14-8-6-13(7-9-14)10(2)16/h6-10H,5,16H2,1-4H3/t10-/m1/s1. The fraction of sp³-hybridized carbons (Fsp3) is 0.400. The molecular weight excluding hydrogens is 222 g/mol. The van der Waals surface area contributed by atoms with Gasteiger partial charge in [0.1, 0.15) is 0 Å². The summed E-state index contributed by atoms with van der Waals surface area (Å²) in [6.45, 7) is 8.35. The Kier molecular flexibility index (Phi) is 3.53. The highest BCUT2D eigenvalue weighted by molar-refractivity contribution is 5.39. The SMILES string of the molecule is CCc1c(C)nn(-c2ccc([C@@H](C)N)cc2)c1C. The molecule has 0 unspecified atom stereocenters. The molecule has 2 rings (SSSR count). The molecule has 1 aromatic carbocycles. The van der Waals surface area contributed by atoms with E-state index in [-0.39, 0.29) is 6.04 Å². The van der Waals surface area contributed by atoms with Crippen LogP contribution < -0.4 is 5.73 Å². The summed E-state index contributed by atoms with van der Waals surface area (Å²) in [6, 6.07) is 8.38. The lowest BCUT2D eigenvalue weighted by Crippen LogP contribution is -2.05. The van der Waals surface area contributed by atoms with Gasteiger partial charge in [-0.25, -0.2) is 4.68 Å². The average molecular weight is 243 g/mol. The molecule has 0 saturated carbocycles.